The molecular formula is C43H42. The van der Waals surface area contributed by atoms with Gasteiger partial charge in [0.25, 0.3) is 0 Å². The van der Waals surface area contributed by atoms with Crippen LogP contribution in [0.4, 0.5) is 0 Å². The van der Waals surface area contributed by atoms with Gasteiger partial charge in [0.15, 0.2) is 0 Å². The van der Waals surface area contributed by atoms with Gasteiger partial charge >= 0.3 is 0 Å². The summed E-state index contributed by atoms with van der Waals surface area (Å²) in [7, 11) is 0. The summed E-state index contributed by atoms with van der Waals surface area (Å²) in [5, 5.41) is 0. The summed E-state index contributed by atoms with van der Waals surface area (Å²) in [6.45, 7) is 13.4. The van der Waals surface area contributed by atoms with Crippen LogP contribution in [0, 0.1) is 6.92 Å². The standard InChI is InChI=1S/C43H42/c1-6-15-36-22-24-39(35-19-13-10-14-20-35)29-42(36)32(5)28-37(16-7-2)40-23-21-33(8-3)43(30-40)41-26-25-38(27-31(41)4)34-17-11-9-12-18-34/h7,9-14,16-30H,5-6,8,15H2,1-4H3/b16-7-,37-28+. The summed E-state index contributed by atoms with van der Waals surface area (Å²) < 4.78 is 0. The molecule has 0 unspecified atom stereocenters. The van der Waals surface area contributed by atoms with E-state index in [1.54, 1.807) is 0 Å². The third-order valence-corrected chi connectivity index (χ3v) is 8.21. The lowest BCUT2D eigenvalue weighted by molar-refractivity contribution is 0.919. The predicted molar refractivity (Wildman–Crippen MR) is 189 cm³/mol. The van der Waals surface area contributed by atoms with E-state index in [0.29, 0.717) is 0 Å². The minimum absolute atomic E-state index is 0.984. The van der Waals surface area contributed by atoms with Crippen LogP contribution in [0.2, 0.25) is 0 Å². The molecule has 0 N–H and O–H groups in total. The highest BCUT2D eigenvalue weighted by molar-refractivity contribution is 5.90. The average Bonchev–Trinajstić information content (AvgIpc) is 3.05. The van der Waals surface area contributed by atoms with Crippen molar-refractivity contribution in [3.05, 3.63) is 168 Å². The SMILES string of the molecule is C=C(/C=C(\C=C/C)c1ccc(CC)c(-c2ccc(-c3ccccc3)cc2C)c1)c1cc(-c2ccccc2)ccc1CCC. The normalized spacial score (nSPS) is 11.7. The van der Waals surface area contributed by atoms with Crippen LogP contribution in [0.15, 0.2) is 140 Å². The Bertz CT molecular complexity index is 1760. The molecule has 0 aromatic heterocycles. The Hall–Kier alpha value is -4.68. The van der Waals surface area contributed by atoms with Crippen LogP contribution in [-0.4, -0.2) is 0 Å². The van der Waals surface area contributed by atoms with Crippen molar-refractivity contribution >= 4 is 11.1 Å². The number of allylic oxidation sites excluding steroid dienone is 5. The van der Waals surface area contributed by atoms with E-state index in [9.17, 15) is 0 Å². The third-order valence-electron chi connectivity index (χ3n) is 8.21. The number of aryl methyl sites for hydroxylation is 3. The largest absolute Gasteiger partial charge is 0.0911 e. The van der Waals surface area contributed by atoms with Crippen molar-refractivity contribution in [2.24, 2.45) is 0 Å². The third kappa shape index (κ3) is 6.87. The first kappa shape index (κ1) is 29.8. The number of rotatable bonds is 10. The van der Waals surface area contributed by atoms with Gasteiger partial charge in [0.05, 0.1) is 0 Å². The molecule has 0 nitrogen and oxygen atoms in total. The molecule has 0 bridgehead atoms. The fourth-order valence-electron chi connectivity index (χ4n) is 5.94. The molecule has 0 aliphatic rings. The topological polar surface area (TPSA) is 0 Å². The van der Waals surface area contributed by atoms with E-state index in [2.05, 4.69) is 168 Å². The van der Waals surface area contributed by atoms with E-state index >= 15 is 0 Å². The number of hydrogen-bond acceptors (Lipinski definition) is 0. The molecule has 0 fully saturated rings. The lowest BCUT2D eigenvalue weighted by atomic mass is 9.88. The van der Waals surface area contributed by atoms with Crippen molar-refractivity contribution in [3.63, 3.8) is 0 Å². The molecule has 0 spiro atoms. The maximum atomic E-state index is 4.61. The Kier molecular flexibility index (Phi) is 9.70. The van der Waals surface area contributed by atoms with E-state index in [4.69, 9.17) is 0 Å². The van der Waals surface area contributed by atoms with E-state index in [1.807, 2.05) is 0 Å². The van der Waals surface area contributed by atoms with Gasteiger partial charge in [-0.05, 0) is 117 Å². The van der Waals surface area contributed by atoms with Gasteiger partial charge in [0, 0.05) is 0 Å². The Balaban J connectivity index is 1.56. The zero-order chi connectivity index (χ0) is 30.2. The summed E-state index contributed by atoms with van der Waals surface area (Å²) in [6.07, 6.45) is 9.71. The summed E-state index contributed by atoms with van der Waals surface area (Å²) in [4.78, 5) is 0. The first-order valence-electron chi connectivity index (χ1n) is 15.5. The molecular weight excluding hydrogens is 516 g/mol. The highest BCUT2D eigenvalue weighted by atomic mass is 14.2. The molecule has 0 heteroatoms. The molecule has 214 valence electrons. The lowest BCUT2D eigenvalue weighted by Gasteiger charge is -2.16. The summed E-state index contributed by atoms with van der Waals surface area (Å²) in [5.74, 6) is 0. The van der Waals surface area contributed by atoms with Crippen LogP contribution < -0.4 is 0 Å². The molecule has 0 saturated heterocycles. The molecule has 0 amide bonds. The molecule has 0 heterocycles. The van der Waals surface area contributed by atoms with Crippen LogP contribution in [0.3, 0.4) is 0 Å². The molecule has 0 radical (unpaired) electrons. The van der Waals surface area contributed by atoms with Gasteiger partial charge in [-0.3, -0.25) is 0 Å². The Morgan fingerprint density at radius 3 is 1.88 bits per heavy atom. The Labute approximate surface area is 258 Å². The monoisotopic (exact) mass is 558 g/mol. The predicted octanol–water partition coefficient (Wildman–Crippen LogP) is 12.2. The highest BCUT2D eigenvalue weighted by Gasteiger charge is 2.13. The second kappa shape index (κ2) is 14.0. The van der Waals surface area contributed by atoms with Crippen molar-refractivity contribution in [3.8, 4) is 33.4 Å². The van der Waals surface area contributed by atoms with Gasteiger partial charge in [0.1, 0.15) is 0 Å². The Morgan fingerprint density at radius 1 is 0.651 bits per heavy atom. The van der Waals surface area contributed by atoms with Gasteiger partial charge < -0.3 is 0 Å². The Morgan fingerprint density at radius 2 is 1.28 bits per heavy atom. The second-order valence-corrected chi connectivity index (χ2v) is 11.2. The van der Waals surface area contributed by atoms with Crippen molar-refractivity contribution in [2.75, 3.05) is 0 Å². The molecule has 0 saturated carbocycles. The quantitative estimate of drug-likeness (QED) is 0.150. The minimum Gasteiger partial charge on any atom is -0.0911 e. The molecule has 5 rings (SSSR count). The molecule has 43 heavy (non-hydrogen) atoms. The molecule has 0 aliphatic heterocycles. The zero-order valence-corrected chi connectivity index (χ0v) is 26.0. The summed E-state index contributed by atoms with van der Waals surface area (Å²) in [6, 6.07) is 41.9. The van der Waals surface area contributed by atoms with Crippen molar-refractivity contribution in [1.82, 2.24) is 0 Å². The molecule has 0 atom stereocenters. The fraction of sp³-hybridized carbons (Fsp3) is 0.163. The first-order chi connectivity index (χ1) is 21.0. The van der Waals surface area contributed by atoms with Gasteiger partial charge in [0.2, 0.25) is 0 Å². The van der Waals surface area contributed by atoms with Crippen molar-refractivity contribution < 1.29 is 0 Å². The van der Waals surface area contributed by atoms with Crippen molar-refractivity contribution in [1.29, 1.82) is 0 Å². The second-order valence-electron chi connectivity index (χ2n) is 11.2. The maximum Gasteiger partial charge on any atom is -0.0143 e. The van der Waals surface area contributed by atoms with E-state index in [1.165, 1.54) is 66.8 Å². The fourth-order valence-corrected chi connectivity index (χ4v) is 5.94. The van der Waals surface area contributed by atoms with Gasteiger partial charge in [-0.25, -0.2) is 0 Å². The van der Waals surface area contributed by atoms with Crippen LogP contribution >= 0.6 is 0 Å². The van der Waals surface area contributed by atoms with Crippen LogP contribution in [0.5, 0.6) is 0 Å². The minimum atomic E-state index is 0.984. The first-order valence-corrected chi connectivity index (χ1v) is 15.5. The van der Waals surface area contributed by atoms with Gasteiger partial charge in [-0.15, -0.1) is 0 Å². The van der Waals surface area contributed by atoms with E-state index in [-0.39, 0.29) is 0 Å². The number of benzene rings is 5. The highest BCUT2D eigenvalue weighted by Crippen LogP contribution is 2.35. The molecule has 5 aromatic carbocycles. The summed E-state index contributed by atoms with van der Waals surface area (Å²) in [5.41, 5.74) is 16.2. The van der Waals surface area contributed by atoms with Gasteiger partial charge in [-0.2, -0.15) is 0 Å². The van der Waals surface area contributed by atoms with Crippen molar-refractivity contribution in [2.45, 2.75) is 47.0 Å². The maximum absolute atomic E-state index is 4.61. The lowest BCUT2D eigenvalue weighted by Crippen LogP contribution is -1.95. The molecule has 5 aromatic rings. The molecule has 0 aliphatic carbocycles. The number of hydrogen-bond donors (Lipinski definition) is 0. The van der Waals surface area contributed by atoms with Crippen LogP contribution in [0.1, 0.15) is 55.0 Å². The van der Waals surface area contributed by atoms with Crippen LogP contribution in [0.25, 0.3) is 44.5 Å². The van der Waals surface area contributed by atoms with E-state index in [0.717, 1.165) is 24.8 Å². The van der Waals surface area contributed by atoms with Gasteiger partial charge in [-0.1, -0.05) is 142 Å². The van der Waals surface area contributed by atoms with Crippen LogP contribution in [-0.2, 0) is 12.8 Å². The smallest absolute Gasteiger partial charge is 0.0143 e. The zero-order valence-electron chi connectivity index (χ0n) is 26.0. The summed E-state index contributed by atoms with van der Waals surface area (Å²) >= 11 is 0. The average molecular weight is 559 g/mol. The van der Waals surface area contributed by atoms with E-state index < -0.39 is 0 Å².